The Kier molecular flexibility index (Phi) is 4.30. The molecule has 110 valence electrons. The summed E-state index contributed by atoms with van der Waals surface area (Å²) in [6.07, 6.45) is 8.55. The fourth-order valence-electron chi connectivity index (χ4n) is 3.84. The number of methoxy groups -OCH3 is 1. The molecule has 1 N–H and O–H groups in total. The van der Waals surface area contributed by atoms with Gasteiger partial charge in [0.25, 0.3) is 0 Å². The first-order chi connectivity index (χ1) is 9.78. The molecule has 2 aliphatic rings. The first-order valence-corrected chi connectivity index (χ1v) is 8.17. The lowest BCUT2D eigenvalue weighted by Gasteiger charge is -2.32. The van der Waals surface area contributed by atoms with Gasteiger partial charge in [0.1, 0.15) is 5.75 Å². The van der Waals surface area contributed by atoms with Crippen LogP contribution in [0.25, 0.3) is 0 Å². The van der Waals surface area contributed by atoms with Crippen molar-refractivity contribution in [2.24, 2.45) is 11.8 Å². The molecule has 0 bridgehead atoms. The Balaban J connectivity index is 1.61. The molecule has 2 aliphatic carbocycles. The molecule has 0 spiro atoms. The van der Waals surface area contributed by atoms with Gasteiger partial charge in [-0.15, -0.1) is 0 Å². The van der Waals surface area contributed by atoms with Crippen molar-refractivity contribution in [3.05, 3.63) is 29.8 Å². The molecule has 2 nitrogen and oxygen atoms in total. The van der Waals surface area contributed by atoms with E-state index in [1.54, 1.807) is 7.11 Å². The van der Waals surface area contributed by atoms with Crippen LogP contribution < -0.4 is 10.1 Å². The fourth-order valence-corrected chi connectivity index (χ4v) is 3.84. The molecule has 2 fully saturated rings. The Labute approximate surface area is 122 Å². The molecule has 0 heterocycles. The van der Waals surface area contributed by atoms with E-state index in [9.17, 15) is 0 Å². The molecule has 3 atom stereocenters. The zero-order chi connectivity index (χ0) is 13.9. The van der Waals surface area contributed by atoms with Crippen LogP contribution in [0, 0.1) is 11.8 Å². The first-order valence-electron chi connectivity index (χ1n) is 8.17. The molecule has 0 amide bonds. The summed E-state index contributed by atoms with van der Waals surface area (Å²) in [5.41, 5.74) is 1.28. The second-order valence-electron chi connectivity index (χ2n) is 6.59. The molecule has 20 heavy (non-hydrogen) atoms. The predicted molar refractivity (Wildman–Crippen MR) is 83.0 cm³/mol. The highest BCUT2D eigenvalue weighted by Gasteiger charge is 2.34. The van der Waals surface area contributed by atoms with Crippen molar-refractivity contribution in [3.8, 4) is 5.75 Å². The number of benzene rings is 1. The van der Waals surface area contributed by atoms with E-state index >= 15 is 0 Å². The Hall–Kier alpha value is -1.02. The molecule has 2 heteroatoms. The van der Waals surface area contributed by atoms with Gasteiger partial charge in [-0.2, -0.15) is 0 Å². The van der Waals surface area contributed by atoms with Gasteiger partial charge in [-0.1, -0.05) is 31.0 Å². The van der Waals surface area contributed by atoms with E-state index in [1.807, 2.05) is 6.07 Å². The van der Waals surface area contributed by atoms with E-state index in [1.165, 1.54) is 44.1 Å². The van der Waals surface area contributed by atoms with E-state index < -0.39 is 0 Å². The predicted octanol–water partition coefficient (Wildman–Crippen LogP) is 4.31. The molecular formula is C18H27NO. The maximum absolute atomic E-state index is 5.48. The van der Waals surface area contributed by atoms with Crippen LogP contribution in [0.2, 0.25) is 0 Å². The highest BCUT2D eigenvalue weighted by atomic mass is 16.5. The number of nitrogens with one attached hydrogen (secondary N) is 1. The van der Waals surface area contributed by atoms with Crippen LogP contribution >= 0.6 is 0 Å². The van der Waals surface area contributed by atoms with Crippen molar-refractivity contribution in [3.63, 3.8) is 0 Å². The third-order valence-corrected chi connectivity index (χ3v) is 5.09. The molecule has 2 saturated carbocycles. The average Bonchev–Trinajstić information content (AvgIpc) is 3.32. The summed E-state index contributed by atoms with van der Waals surface area (Å²) in [5, 5.41) is 3.84. The standard InChI is InChI=1S/C18H27NO/c1-13(17-8-3-4-9-18(17)20-2)19-16-7-5-6-15(12-16)14-10-11-14/h3-4,8-9,13-16,19H,5-7,10-12H2,1-2H3/t13-,15?,16?/m0/s1. The van der Waals surface area contributed by atoms with Crippen LogP contribution in [-0.2, 0) is 0 Å². The second kappa shape index (κ2) is 6.17. The summed E-state index contributed by atoms with van der Waals surface area (Å²) >= 11 is 0. The van der Waals surface area contributed by atoms with Crippen LogP contribution in [0.5, 0.6) is 5.75 Å². The maximum Gasteiger partial charge on any atom is 0.123 e. The average molecular weight is 273 g/mol. The number of hydrogen-bond acceptors (Lipinski definition) is 2. The summed E-state index contributed by atoms with van der Waals surface area (Å²) in [5.74, 6) is 3.05. The molecule has 0 radical (unpaired) electrons. The van der Waals surface area contributed by atoms with Crippen molar-refractivity contribution < 1.29 is 4.74 Å². The van der Waals surface area contributed by atoms with Crippen LogP contribution in [0.15, 0.2) is 24.3 Å². The summed E-state index contributed by atoms with van der Waals surface area (Å²) in [4.78, 5) is 0. The minimum Gasteiger partial charge on any atom is -0.496 e. The number of hydrogen-bond donors (Lipinski definition) is 1. The first kappa shape index (κ1) is 13.9. The van der Waals surface area contributed by atoms with Crippen molar-refractivity contribution in [2.75, 3.05) is 7.11 Å². The summed E-state index contributed by atoms with van der Waals surface area (Å²) < 4.78 is 5.48. The molecule has 3 rings (SSSR count). The number of rotatable bonds is 5. The van der Waals surface area contributed by atoms with Gasteiger partial charge < -0.3 is 10.1 Å². The molecule has 1 aromatic rings. The van der Waals surface area contributed by atoms with Gasteiger partial charge in [-0.25, -0.2) is 0 Å². The normalized spacial score (nSPS) is 28.1. The zero-order valence-electron chi connectivity index (χ0n) is 12.8. The fraction of sp³-hybridized carbons (Fsp3) is 0.667. The topological polar surface area (TPSA) is 21.3 Å². The summed E-state index contributed by atoms with van der Waals surface area (Å²) in [6, 6.07) is 9.44. The van der Waals surface area contributed by atoms with Crippen LogP contribution in [0.4, 0.5) is 0 Å². The molecule has 0 saturated heterocycles. The van der Waals surface area contributed by atoms with E-state index in [4.69, 9.17) is 4.74 Å². The van der Waals surface area contributed by atoms with E-state index in [-0.39, 0.29) is 0 Å². The lowest BCUT2D eigenvalue weighted by atomic mass is 9.82. The van der Waals surface area contributed by atoms with Crippen LogP contribution in [0.3, 0.4) is 0 Å². The monoisotopic (exact) mass is 273 g/mol. The highest BCUT2D eigenvalue weighted by molar-refractivity contribution is 5.35. The Morgan fingerprint density at radius 1 is 1.10 bits per heavy atom. The molecule has 0 aliphatic heterocycles. The van der Waals surface area contributed by atoms with E-state index in [0.29, 0.717) is 12.1 Å². The number of ether oxygens (including phenoxy) is 1. The van der Waals surface area contributed by atoms with Crippen molar-refractivity contribution >= 4 is 0 Å². The third-order valence-electron chi connectivity index (χ3n) is 5.09. The van der Waals surface area contributed by atoms with Crippen LogP contribution in [-0.4, -0.2) is 13.2 Å². The lowest BCUT2D eigenvalue weighted by molar-refractivity contribution is 0.248. The van der Waals surface area contributed by atoms with Gasteiger partial charge in [-0.05, 0) is 50.5 Å². The lowest BCUT2D eigenvalue weighted by Crippen LogP contribution is -2.36. The third kappa shape index (κ3) is 3.17. The Bertz CT molecular complexity index is 441. The molecular weight excluding hydrogens is 246 g/mol. The maximum atomic E-state index is 5.48. The van der Waals surface area contributed by atoms with E-state index in [2.05, 4.69) is 30.4 Å². The van der Waals surface area contributed by atoms with Crippen molar-refractivity contribution in [1.29, 1.82) is 0 Å². The van der Waals surface area contributed by atoms with Gasteiger partial charge in [0.2, 0.25) is 0 Å². The minimum atomic E-state index is 0.370. The van der Waals surface area contributed by atoms with Gasteiger partial charge in [0.15, 0.2) is 0 Å². The molecule has 1 aromatic carbocycles. The Morgan fingerprint density at radius 3 is 2.65 bits per heavy atom. The van der Waals surface area contributed by atoms with Gasteiger partial charge in [-0.3, -0.25) is 0 Å². The Morgan fingerprint density at radius 2 is 1.90 bits per heavy atom. The quantitative estimate of drug-likeness (QED) is 0.863. The SMILES string of the molecule is COc1ccccc1[C@H](C)NC1CCCC(C2CC2)C1. The minimum absolute atomic E-state index is 0.370. The largest absolute Gasteiger partial charge is 0.496 e. The number of para-hydroxylation sites is 1. The van der Waals surface area contributed by atoms with Crippen molar-refractivity contribution in [2.45, 2.75) is 57.5 Å². The van der Waals surface area contributed by atoms with Crippen LogP contribution in [0.1, 0.15) is 57.1 Å². The summed E-state index contributed by atoms with van der Waals surface area (Å²) in [7, 11) is 1.76. The molecule has 2 unspecified atom stereocenters. The smallest absolute Gasteiger partial charge is 0.123 e. The van der Waals surface area contributed by atoms with Gasteiger partial charge in [0.05, 0.1) is 7.11 Å². The van der Waals surface area contributed by atoms with Gasteiger partial charge >= 0.3 is 0 Å². The second-order valence-corrected chi connectivity index (χ2v) is 6.59. The molecule has 0 aromatic heterocycles. The zero-order valence-corrected chi connectivity index (χ0v) is 12.8. The van der Waals surface area contributed by atoms with E-state index in [0.717, 1.165) is 17.6 Å². The highest BCUT2D eigenvalue weighted by Crippen LogP contribution is 2.44. The van der Waals surface area contributed by atoms with Crippen molar-refractivity contribution in [1.82, 2.24) is 5.32 Å². The van der Waals surface area contributed by atoms with Gasteiger partial charge in [0, 0.05) is 17.6 Å². The summed E-state index contributed by atoms with van der Waals surface area (Å²) in [6.45, 7) is 2.26.